The van der Waals surface area contributed by atoms with E-state index in [2.05, 4.69) is 10.3 Å². The number of hydrogen-bond acceptors (Lipinski definition) is 4. The number of imidazole rings is 1. The summed E-state index contributed by atoms with van der Waals surface area (Å²) in [5.74, 6) is -0.473. The van der Waals surface area contributed by atoms with Gasteiger partial charge in [-0.3, -0.25) is 19.3 Å². The molecule has 0 aliphatic heterocycles. The second-order valence-corrected chi connectivity index (χ2v) is 5.85. The third-order valence-electron chi connectivity index (χ3n) is 3.35. The molecule has 0 saturated heterocycles. The van der Waals surface area contributed by atoms with E-state index in [0.717, 1.165) is 0 Å². The van der Waals surface area contributed by atoms with E-state index in [1.165, 1.54) is 34.9 Å². The van der Waals surface area contributed by atoms with Crippen LogP contribution in [0.25, 0.3) is 5.65 Å². The van der Waals surface area contributed by atoms with Gasteiger partial charge in [-0.1, -0.05) is 29.3 Å². The number of nitro groups is 1. The van der Waals surface area contributed by atoms with E-state index in [0.29, 0.717) is 27.1 Å². The van der Waals surface area contributed by atoms with Gasteiger partial charge in [0.25, 0.3) is 11.6 Å². The quantitative estimate of drug-likeness (QED) is 0.559. The number of aryl methyl sites for hydroxylation is 1. The summed E-state index contributed by atoms with van der Waals surface area (Å²) in [5, 5.41) is 14.1. The minimum Gasteiger partial charge on any atom is -0.320 e. The van der Waals surface area contributed by atoms with Gasteiger partial charge in [0.05, 0.1) is 20.7 Å². The molecule has 2 heterocycles. The molecule has 0 fully saturated rings. The Balaban J connectivity index is 2.02. The van der Waals surface area contributed by atoms with E-state index < -0.39 is 10.8 Å². The summed E-state index contributed by atoms with van der Waals surface area (Å²) in [6.07, 6.45) is 1.53. The highest BCUT2D eigenvalue weighted by atomic mass is 35.5. The number of nitrogens with one attached hydrogen (secondary N) is 1. The van der Waals surface area contributed by atoms with Crippen LogP contribution in [0.2, 0.25) is 10.0 Å². The zero-order valence-electron chi connectivity index (χ0n) is 12.3. The number of hydrogen-bond donors (Lipinski definition) is 1. The van der Waals surface area contributed by atoms with Crippen LogP contribution in [0.3, 0.4) is 0 Å². The van der Waals surface area contributed by atoms with E-state index in [4.69, 9.17) is 23.2 Å². The number of nitrogens with zero attached hydrogens (tertiary/aromatic N) is 3. The summed E-state index contributed by atoms with van der Waals surface area (Å²) in [6.45, 7) is 1.67. The zero-order valence-corrected chi connectivity index (χ0v) is 13.8. The van der Waals surface area contributed by atoms with Crippen LogP contribution in [0.15, 0.2) is 36.5 Å². The molecule has 7 nitrogen and oxygen atoms in total. The zero-order chi connectivity index (χ0) is 17.4. The van der Waals surface area contributed by atoms with Crippen molar-refractivity contribution in [2.24, 2.45) is 0 Å². The van der Waals surface area contributed by atoms with Crippen LogP contribution in [0.1, 0.15) is 16.2 Å². The Hall–Kier alpha value is -2.64. The van der Waals surface area contributed by atoms with E-state index in [1.54, 1.807) is 13.0 Å². The predicted octanol–water partition coefficient (Wildman–Crippen LogP) is 4.11. The summed E-state index contributed by atoms with van der Waals surface area (Å²) in [7, 11) is 0. The number of carbonyl (C=O) groups is 1. The number of anilines is 1. The second kappa shape index (κ2) is 6.10. The number of benzene rings is 1. The molecule has 0 aliphatic carbocycles. The number of fused-ring (bicyclic) bond motifs is 1. The average molecular weight is 365 g/mol. The molecule has 2 aromatic heterocycles. The lowest BCUT2D eigenvalue weighted by atomic mass is 10.2. The lowest BCUT2D eigenvalue weighted by Crippen LogP contribution is -2.15. The Labute approximate surface area is 146 Å². The topological polar surface area (TPSA) is 89.5 Å². The summed E-state index contributed by atoms with van der Waals surface area (Å²) in [4.78, 5) is 27.1. The molecular formula is C15H10Cl2N4O3. The number of rotatable bonds is 3. The molecular weight excluding hydrogens is 355 g/mol. The molecule has 0 radical (unpaired) electrons. The van der Waals surface area contributed by atoms with Crippen LogP contribution in [0, 0.1) is 17.0 Å². The molecule has 9 heteroatoms. The first kappa shape index (κ1) is 16.2. The number of amides is 1. The highest BCUT2D eigenvalue weighted by molar-refractivity contribution is 6.36. The molecule has 0 aliphatic rings. The van der Waals surface area contributed by atoms with Gasteiger partial charge in [-0.25, -0.2) is 4.98 Å². The third kappa shape index (κ3) is 2.91. The Kier molecular flexibility index (Phi) is 4.13. The number of carbonyl (C=O) groups excluding carboxylic acids is 1. The molecule has 3 aromatic rings. The smallest absolute Gasteiger partial charge is 0.274 e. The van der Waals surface area contributed by atoms with E-state index in [1.807, 2.05) is 0 Å². The number of nitro benzene ring substituents is 1. The maximum Gasteiger partial charge on any atom is 0.274 e. The highest BCUT2D eigenvalue weighted by Crippen LogP contribution is 2.25. The maximum atomic E-state index is 12.6. The van der Waals surface area contributed by atoms with Crippen LogP contribution < -0.4 is 5.32 Å². The number of aromatic nitrogens is 2. The standard InChI is InChI=1S/C15H10Cl2N4O3/c1-8-13(20-7-9(16)5-12(17)14(20)18-8)15(22)19-10-3-2-4-11(6-10)21(23)24/h2-7H,1H3,(H,19,22). The molecule has 0 spiro atoms. The number of non-ortho nitro benzene ring substituents is 1. The van der Waals surface area contributed by atoms with E-state index in [9.17, 15) is 14.9 Å². The predicted molar refractivity (Wildman–Crippen MR) is 91.0 cm³/mol. The number of halogens is 2. The van der Waals surface area contributed by atoms with Crippen LogP contribution in [0.4, 0.5) is 11.4 Å². The molecule has 3 rings (SSSR count). The third-order valence-corrected chi connectivity index (χ3v) is 3.83. The minimum atomic E-state index is -0.533. The fourth-order valence-electron chi connectivity index (χ4n) is 2.35. The van der Waals surface area contributed by atoms with Crippen molar-refractivity contribution in [2.45, 2.75) is 6.92 Å². The Morgan fingerprint density at radius 2 is 2.08 bits per heavy atom. The van der Waals surface area contributed by atoms with E-state index in [-0.39, 0.29) is 11.4 Å². The Morgan fingerprint density at radius 1 is 1.33 bits per heavy atom. The van der Waals surface area contributed by atoms with Gasteiger partial charge in [0.1, 0.15) is 5.69 Å². The van der Waals surface area contributed by atoms with Crippen molar-refractivity contribution in [3.63, 3.8) is 0 Å². The molecule has 122 valence electrons. The van der Waals surface area contributed by atoms with Crippen molar-refractivity contribution in [3.05, 3.63) is 68.1 Å². The molecule has 0 bridgehead atoms. The van der Waals surface area contributed by atoms with Gasteiger partial charge in [0.15, 0.2) is 5.65 Å². The van der Waals surface area contributed by atoms with Gasteiger partial charge in [-0.05, 0) is 19.1 Å². The van der Waals surface area contributed by atoms with Crippen molar-refractivity contribution < 1.29 is 9.72 Å². The van der Waals surface area contributed by atoms with Gasteiger partial charge < -0.3 is 5.32 Å². The van der Waals surface area contributed by atoms with Crippen LogP contribution >= 0.6 is 23.2 Å². The minimum absolute atomic E-state index is 0.117. The van der Waals surface area contributed by atoms with Crippen molar-refractivity contribution in [2.75, 3.05) is 5.32 Å². The van der Waals surface area contributed by atoms with Crippen molar-refractivity contribution in [1.82, 2.24) is 9.38 Å². The lowest BCUT2D eigenvalue weighted by Gasteiger charge is -2.06. The molecule has 1 amide bonds. The Bertz CT molecular complexity index is 984. The second-order valence-electron chi connectivity index (χ2n) is 5.01. The van der Waals surface area contributed by atoms with Crippen molar-refractivity contribution in [3.8, 4) is 0 Å². The maximum absolute atomic E-state index is 12.6. The normalized spacial score (nSPS) is 10.8. The molecule has 0 saturated carbocycles. The monoisotopic (exact) mass is 364 g/mol. The summed E-state index contributed by atoms with van der Waals surface area (Å²) in [6, 6.07) is 7.20. The molecule has 1 N–H and O–H groups in total. The summed E-state index contributed by atoms with van der Waals surface area (Å²) >= 11 is 12.1. The summed E-state index contributed by atoms with van der Waals surface area (Å²) in [5.41, 5.74) is 1.30. The first-order valence-electron chi connectivity index (χ1n) is 6.76. The lowest BCUT2D eigenvalue weighted by molar-refractivity contribution is -0.384. The highest BCUT2D eigenvalue weighted by Gasteiger charge is 2.19. The van der Waals surface area contributed by atoms with Gasteiger partial charge in [-0.15, -0.1) is 0 Å². The fraction of sp³-hybridized carbons (Fsp3) is 0.0667. The first-order valence-corrected chi connectivity index (χ1v) is 7.52. The van der Waals surface area contributed by atoms with E-state index >= 15 is 0 Å². The van der Waals surface area contributed by atoms with Crippen LogP contribution in [0.5, 0.6) is 0 Å². The Morgan fingerprint density at radius 3 is 2.79 bits per heavy atom. The molecule has 0 atom stereocenters. The molecule has 1 aromatic carbocycles. The molecule has 24 heavy (non-hydrogen) atoms. The average Bonchev–Trinajstić information content (AvgIpc) is 2.84. The van der Waals surface area contributed by atoms with Crippen molar-refractivity contribution >= 4 is 46.1 Å². The van der Waals surface area contributed by atoms with Gasteiger partial charge in [0, 0.05) is 24.0 Å². The first-order chi connectivity index (χ1) is 11.4. The summed E-state index contributed by atoms with van der Waals surface area (Å²) < 4.78 is 1.49. The fourth-order valence-corrected chi connectivity index (χ4v) is 2.86. The van der Waals surface area contributed by atoms with Gasteiger partial charge in [0.2, 0.25) is 0 Å². The van der Waals surface area contributed by atoms with Gasteiger partial charge >= 0.3 is 0 Å². The van der Waals surface area contributed by atoms with Gasteiger partial charge in [-0.2, -0.15) is 0 Å². The molecule has 0 unspecified atom stereocenters. The van der Waals surface area contributed by atoms with Crippen molar-refractivity contribution in [1.29, 1.82) is 0 Å². The SMILES string of the molecule is Cc1nc2c(Cl)cc(Cl)cn2c1C(=O)Nc1cccc([N+](=O)[O-])c1. The largest absolute Gasteiger partial charge is 0.320 e. The number of pyridine rings is 1. The van der Waals surface area contributed by atoms with Crippen LogP contribution in [-0.2, 0) is 0 Å². The van der Waals surface area contributed by atoms with Crippen LogP contribution in [-0.4, -0.2) is 20.2 Å².